The third-order valence-electron chi connectivity index (χ3n) is 2.87. The molecule has 1 aromatic rings. The summed E-state index contributed by atoms with van der Waals surface area (Å²) in [6.45, 7) is 0. The topological polar surface area (TPSA) is 35.2 Å². The van der Waals surface area contributed by atoms with E-state index in [0.29, 0.717) is 5.56 Å². The van der Waals surface area contributed by atoms with E-state index >= 15 is 0 Å². The van der Waals surface area contributed by atoms with E-state index in [4.69, 9.17) is 10.5 Å². The molecule has 0 amide bonds. The monoisotopic (exact) mass is 231 g/mol. The number of benzene rings is 1. The van der Waals surface area contributed by atoms with Gasteiger partial charge in [-0.25, -0.2) is 0 Å². The predicted octanol–water partition coefficient (Wildman–Crippen LogP) is 2.66. The highest BCUT2D eigenvalue weighted by atomic mass is 19.4. The Bertz CT molecular complexity index is 410. The first-order valence-electron chi connectivity index (χ1n) is 4.91. The average molecular weight is 231 g/mol. The molecule has 0 spiro atoms. The van der Waals surface area contributed by atoms with Crippen LogP contribution in [0.2, 0.25) is 0 Å². The molecule has 1 aromatic carbocycles. The number of alkyl halides is 3. The molecule has 5 heteroatoms. The second-order valence-corrected chi connectivity index (χ2v) is 4.07. The minimum atomic E-state index is -4.41. The Kier molecular flexibility index (Phi) is 2.38. The van der Waals surface area contributed by atoms with E-state index in [1.165, 1.54) is 13.2 Å². The fourth-order valence-corrected chi connectivity index (χ4v) is 1.66. The molecule has 0 bridgehead atoms. The highest BCUT2D eigenvalue weighted by molar-refractivity contribution is 5.43. The lowest BCUT2D eigenvalue weighted by molar-refractivity contribution is -0.138. The first-order valence-corrected chi connectivity index (χ1v) is 4.91. The van der Waals surface area contributed by atoms with Gasteiger partial charge < -0.3 is 10.5 Å². The summed E-state index contributed by atoms with van der Waals surface area (Å²) in [6.07, 6.45) is -2.94. The zero-order valence-electron chi connectivity index (χ0n) is 8.77. The summed E-state index contributed by atoms with van der Waals surface area (Å²) in [5.41, 5.74) is 5.07. The van der Waals surface area contributed by atoms with Gasteiger partial charge in [0, 0.05) is 5.54 Å². The predicted molar refractivity (Wildman–Crippen MR) is 53.1 cm³/mol. The van der Waals surface area contributed by atoms with Gasteiger partial charge in [-0.3, -0.25) is 0 Å². The molecule has 0 unspecified atom stereocenters. The number of hydrogen-bond donors (Lipinski definition) is 1. The molecule has 2 nitrogen and oxygen atoms in total. The number of ether oxygens (including phenoxy) is 1. The SMILES string of the molecule is COc1ccc(C2(N)CC2)cc1C(F)(F)F. The van der Waals surface area contributed by atoms with Gasteiger partial charge in [-0.2, -0.15) is 13.2 Å². The van der Waals surface area contributed by atoms with E-state index in [-0.39, 0.29) is 5.75 Å². The maximum absolute atomic E-state index is 12.7. The van der Waals surface area contributed by atoms with Crippen LogP contribution in [0, 0.1) is 0 Å². The van der Waals surface area contributed by atoms with Crippen molar-refractivity contribution in [3.8, 4) is 5.75 Å². The Balaban J connectivity index is 2.47. The molecule has 0 radical (unpaired) electrons. The van der Waals surface area contributed by atoms with Crippen LogP contribution in [0.25, 0.3) is 0 Å². The van der Waals surface area contributed by atoms with E-state index in [2.05, 4.69) is 0 Å². The largest absolute Gasteiger partial charge is 0.496 e. The molecule has 0 aliphatic heterocycles. The lowest BCUT2D eigenvalue weighted by Crippen LogP contribution is -2.20. The van der Waals surface area contributed by atoms with Crippen molar-refractivity contribution < 1.29 is 17.9 Å². The molecular weight excluding hydrogens is 219 g/mol. The van der Waals surface area contributed by atoms with Gasteiger partial charge in [-0.05, 0) is 30.5 Å². The van der Waals surface area contributed by atoms with Crippen molar-refractivity contribution in [1.29, 1.82) is 0 Å². The average Bonchev–Trinajstić information content (AvgIpc) is 2.95. The normalized spacial score (nSPS) is 18.3. The number of hydrogen-bond acceptors (Lipinski definition) is 2. The molecule has 2 rings (SSSR count). The van der Waals surface area contributed by atoms with E-state index in [9.17, 15) is 13.2 Å². The van der Waals surface area contributed by atoms with E-state index in [1.807, 2.05) is 0 Å². The van der Waals surface area contributed by atoms with Crippen LogP contribution in [0.3, 0.4) is 0 Å². The van der Waals surface area contributed by atoms with Gasteiger partial charge >= 0.3 is 6.18 Å². The Morgan fingerprint density at radius 1 is 1.31 bits per heavy atom. The standard InChI is InChI=1S/C11H12F3NO/c1-16-9-3-2-7(10(15)4-5-10)6-8(9)11(12,13)14/h2-3,6H,4-5,15H2,1H3. The van der Waals surface area contributed by atoms with Crippen LogP contribution in [0.4, 0.5) is 13.2 Å². The van der Waals surface area contributed by atoms with Crippen LogP contribution in [-0.4, -0.2) is 7.11 Å². The molecule has 16 heavy (non-hydrogen) atoms. The summed E-state index contributed by atoms with van der Waals surface area (Å²) in [5.74, 6) is -0.166. The zero-order valence-corrected chi connectivity index (χ0v) is 8.77. The number of nitrogens with two attached hydrogens (primary N) is 1. The van der Waals surface area contributed by atoms with Gasteiger partial charge in [0.25, 0.3) is 0 Å². The van der Waals surface area contributed by atoms with Crippen molar-refractivity contribution in [2.24, 2.45) is 5.73 Å². The van der Waals surface area contributed by atoms with Gasteiger partial charge in [0.2, 0.25) is 0 Å². The Morgan fingerprint density at radius 2 is 1.94 bits per heavy atom. The highest BCUT2D eigenvalue weighted by Crippen LogP contribution is 2.45. The van der Waals surface area contributed by atoms with Crippen LogP contribution in [0.5, 0.6) is 5.75 Å². The first-order chi connectivity index (χ1) is 7.37. The van der Waals surface area contributed by atoms with E-state index < -0.39 is 17.3 Å². The van der Waals surface area contributed by atoms with Crippen LogP contribution >= 0.6 is 0 Å². The summed E-state index contributed by atoms with van der Waals surface area (Å²) in [5, 5.41) is 0. The van der Waals surface area contributed by atoms with Crippen LogP contribution in [-0.2, 0) is 11.7 Å². The maximum Gasteiger partial charge on any atom is 0.419 e. The fourth-order valence-electron chi connectivity index (χ4n) is 1.66. The molecule has 2 N–H and O–H groups in total. The molecule has 1 fully saturated rings. The Labute approximate surface area is 91.2 Å². The Morgan fingerprint density at radius 3 is 2.38 bits per heavy atom. The van der Waals surface area contributed by atoms with Crippen molar-refractivity contribution in [1.82, 2.24) is 0 Å². The smallest absolute Gasteiger partial charge is 0.419 e. The quantitative estimate of drug-likeness (QED) is 0.849. The highest BCUT2D eigenvalue weighted by Gasteiger charge is 2.42. The van der Waals surface area contributed by atoms with Gasteiger partial charge in [-0.15, -0.1) is 0 Å². The van der Waals surface area contributed by atoms with Gasteiger partial charge in [0.1, 0.15) is 5.75 Å². The molecule has 0 aromatic heterocycles. The molecule has 1 aliphatic carbocycles. The summed E-state index contributed by atoms with van der Waals surface area (Å²) in [4.78, 5) is 0. The maximum atomic E-state index is 12.7. The third-order valence-corrected chi connectivity index (χ3v) is 2.87. The lowest BCUT2D eigenvalue weighted by Gasteiger charge is -2.16. The minimum absolute atomic E-state index is 0.166. The summed E-state index contributed by atoms with van der Waals surface area (Å²) < 4.78 is 42.8. The second-order valence-electron chi connectivity index (χ2n) is 4.07. The molecule has 0 saturated heterocycles. The molecule has 1 aliphatic rings. The van der Waals surface area contributed by atoms with Crippen molar-refractivity contribution in [2.75, 3.05) is 7.11 Å². The fraction of sp³-hybridized carbons (Fsp3) is 0.455. The van der Waals surface area contributed by atoms with Crippen molar-refractivity contribution in [3.63, 3.8) is 0 Å². The van der Waals surface area contributed by atoms with Gasteiger partial charge in [0.05, 0.1) is 12.7 Å². The minimum Gasteiger partial charge on any atom is -0.496 e. The van der Waals surface area contributed by atoms with Crippen molar-refractivity contribution in [2.45, 2.75) is 24.6 Å². The lowest BCUT2D eigenvalue weighted by atomic mass is 10.0. The first kappa shape index (κ1) is 11.3. The van der Waals surface area contributed by atoms with Gasteiger partial charge in [0.15, 0.2) is 0 Å². The molecular formula is C11H12F3NO. The third kappa shape index (κ3) is 1.87. The molecule has 88 valence electrons. The number of halogens is 3. The van der Waals surface area contributed by atoms with Crippen LogP contribution < -0.4 is 10.5 Å². The number of rotatable bonds is 2. The Hall–Kier alpha value is -1.23. The molecule has 1 saturated carbocycles. The van der Waals surface area contributed by atoms with Crippen LogP contribution in [0.15, 0.2) is 18.2 Å². The van der Waals surface area contributed by atoms with E-state index in [1.54, 1.807) is 6.07 Å². The summed E-state index contributed by atoms with van der Waals surface area (Å²) >= 11 is 0. The van der Waals surface area contributed by atoms with Crippen molar-refractivity contribution in [3.05, 3.63) is 29.3 Å². The van der Waals surface area contributed by atoms with Crippen LogP contribution in [0.1, 0.15) is 24.0 Å². The summed E-state index contributed by atoms with van der Waals surface area (Å²) in [7, 11) is 1.22. The zero-order chi connectivity index (χ0) is 12.0. The summed E-state index contributed by atoms with van der Waals surface area (Å²) in [6, 6.07) is 4.01. The molecule has 0 heterocycles. The number of methoxy groups -OCH3 is 1. The molecule has 0 atom stereocenters. The van der Waals surface area contributed by atoms with Gasteiger partial charge in [-0.1, -0.05) is 6.07 Å². The van der Waals surface area contributed by atoms with E-state index in [0.717, 1.165) is 18.9 Å². The second kappa shape index (κ2) is 3.38. The van der Waals surface area contributed by atoms with Crippen molar-refractivity contribution >= 4 is 0 Å².